The Hall–Kier alpha value is -1.47. The molecule has 0 bridgehead atoms. The average molecular weight is 407 g/mol. The van der Waals surface area contributed by atoms with E-state index in [9.17, 15) is 14.4 Å². The van der Waals surface area contributed by atoms with Crippen molar-refractivity contribution in [2.24, 2.45) is 17.8 Å². The molecule has 0 aromatic rings. The molecule has 3 rings (SSSR count). The van der Waals surface area contributed by atoms with E-state index in [1.165, 1.54) is 4.90 Å². The first-order chi connectivity index (χ1) is 12.9. The second-order valence-corrected chi connectivity index (χ2v) is 14.7. The number of nitrogens with one attached hydrogen (secondary N) is 1. The Morgan fingerprint density at radius 3 is 2.36 bits per heavy atom. The number of rotatable bonds is 5. The van der Waals surface area contributed by atoms with Crippen LogP contribution in [-0.2, 0) is 18.8 Å². The quantitative estimate of drug-likeness (QED) is 0.330. The summed E-state index contributed by atoms with van der Waals surface area (Å²) in [5, 5.41) is 3.10. The van der Waals surface area contributed by atoms with Crippen LogP contribution in [0.2, 0.25) is 18.1 Å². The van der Waals surface area contributed by atoms with Gasteiger partial charge in [-0.25, -0.2) is 0 Å². The lowest BCUT2D eigenvalue weighted by atomic mass is 9.73. The lowest BCUT2D eigenvalue weighted by molar-refractivity contribution is -0.140. The van der Waals surface area contributed by atoms with Crippen molar-refractivity contribution in [3.05, 3.63) is 11.6 Å². The second kappa shape index (κ2) is 7.09. The molecule has 0 saturated carbocycles. The van der Waals surface area contributed by atoms with Crippen LogP contribution in [0.25, 0.3) is 0 Å². The highest BCUT2D eigenvalue weighted by atomic mass is 28.4. The number of carbonyl (C=O) groups is 3. The predicted molar refractivity (Wildman–Crippen MR) is 110 cm³/mol. The van der Waals surface area contributed by atoms with Crippen LogP contribution in [0.1, 0.15) is 47.5 Å². The summed E-state index contributed by atoms with van der Waals surface area (Å²) in [6.45, 7) is 15.2. The zero-order valence-electron chi connectivity index (χ0n) is 18.2. The third kappa shape index (κ3) is 3.36. The second-order valence-electron chi connectivity index (χ2n) is 9.95. The van der Waals surface area contributed by atoms with Crippen LogP contribution in [0, 0.1) is 17.8 Å². The molecule has 2 aliphatic heterocycles. The van der Waals surface area contributed by atoms with E-state index in [0.717, 1.165) is 5.57 Å². The summed E-state index contributed by atoms with van der Waals surface area (Å²) < 4.78 is 6.48. The summed E-state index contributed by atoms with van der Waals surface area (Å²) in [4.78, 5) is 38.8. The standard InChI is InChI=1S/C21H34N2O4Si/c1-8-23-19(25)14-10-9-13(11-15(14)20(23)26)17-16(18(24)22-17)12(2)27-28(6,7)21(3,4)5/h9,12,14-17H,8,10-11H2,1-7H3,(H,22,24). The lowest BCUT2D eigenvalue weighted by Crippen LogP contribution is -2.64. The maximum atomic E-state index is 12.6. The Labute approximate surface area is 169 Å². The van der Waals surface area contributed by atoms with Gasteiger partial charge in [-0.3, -0.25) is 19.3 Å². The molecule has 6 nitrogen and oxygen atoms in total. The third-order valence-electron chi connectivity index (χ3n) is 7.21. The Morgan fingerprint density at radius 1 is 1.21 bits per heavy atom. The highest BCUT2D eigenvalue weighted by Crippen LogP contribution is 2.43. The number of β-lactam (4-membered cyclic amide) rings is 1. The van der Waals surface area contributed by atoms with Crippen molar-refractivity contribution in [2.75, 3.05) is 6.54 Å². The topological polar surface area (TPSA) is 75.7 Å². The van der Waals surface area contributed by atoms with Gasteiger partial charge in [0.25, 0.3) is 0 Å². The molecule has 5 atom stereocenters. The van der Waals surface area contributed by atoms with Gasteiger partial charge >= 0.3 is 0 Å². The highest BCUT2D eigenvalue weighted by molar-refractivity contribution is 6.74. The number of carbonyl (C=O) groups excluding carboxylic acids is 3. The van der Waals surface area contributed by atoms with Gasteiger partial charge in [0.05, 0.1) is 29.9 Å². The van der Waals surface area contributed by atoms with Gasteiger partial charge in [0.1, 0.15) is 0 Å². The van der Waals surface area contributed by atoms with E-state index in [4.69, 9.17) is 4.43 Å². The molecular formula is C21H34N2O4Si. The fourth-order valence-corrected chi connectivity index (χ4v) is 5.88. The molecule has 156 valence electrons. The van der Waals surface area contributed by atoms with Crippen LogP contribution in [0.4, 0.5) is 0 Å². The van der Waals surface area contributed by atoms with Gasteiger partial charge in [-0.2, -0.15) is 0 Å². The minimum absolute atomic E-state index is 0.0169. The summed E-state index contributed by atoms with van der Waals surface area (Å²) in [5.41, 5.74) is 1.08. The molecule has 3 amide bonds. The van der Waals surface area contributed by atoms with Crippen LogP contribution >= 0.6 is 0 Å². The van der Waals surface area contributed by atoms with Crippen molar-refractivity contribution in [3.8, 4) is 0 Å². The lowest BCUT2D eigenvalue weighted by Gasteiger charge is -2.46. The summed E-state index contributed by atoms with van der Waals surface area (Å²) >= 11 is 0. The smallest absolute Gasteiger partial charge is 0.233 e. The number of allylic oxidation sites excluding steroid dienone is 1. The maximum absolute atomic E-state index is 12.6. The summed E-state index contributed by atoms with van der Waals surface area (Å²) in [5.74, 6) is -0.823. The van der Waals surface area contributed by atoms with Crippen molar-refractivity contribution < 1.29 is 18.8 Å². The Morgan fingerprint density at radius 2 is 1.82 bits per heavy atom. The molecule has 1 N–H and O–H groups in total. The molecular weight excluding hydrogens is 372 g/mol. The first-order valence-corrected chi connectivity index (χ1v) is 13.3. The van der Waals surface area contributed by atoms with Crippen LogP contribution in [0.3, 0.4) is 0 Å². The minimum atomic E-state index is -1.98. The van der Waals surface area contributed by atoms with Gasteiger partial charge in [-0.1, -0.05) is 32.4 Å². The molecule has 2 saturated heterocycles. The van der Waals surface area contributed by atoms with E-state index in [1.54, 1.807) is 0 Å². The SMILES string of the molecule is CCN1C(=O)C2CC=C(C3NC(=O)C3C(C)O[Si](C)(C)C(C)(C)C)CC2C1=O. The number of nitrogens with zero attached hydrogens (tertiary/aromatic N) is 1. The molecule has 1 aliphatic carbocycles. The molecule has 28 heavy (non-hydrogen) atoms. The molecule has 2 fully saturated rings. The fraction of sp³-hybridized carbons (Fsp3) is 0.762. The first-order valence-electron chi connectivity index (χ1n) is 10.4. The summed E-state index contributed by atoms with van der Waals surface area (Å²) in [7, 11) is -1.98. The monoisotopic (exact) mass is 406 g/mol. The number of imide groups is 1. The molecule has 0 radical (unpaired) electrons. The van der Waals surface area contributed by atoms with Crippen molar-refractivity contribution in [1.29, 1.82) is 0 Å². The summed E-state index contributed by atoms with van der Waals surface area (Å²) in [6, 6.07) is -0.0909. The highest BCUT2D eigenvalue weighted by Gasteiger charge is 2.53. The number of fused-ring (bicyclic) bond motifs is 1. The van der Waals surface area contributed by atoms with Gasteiger partial charge in [-0.15, -0.1) is 0 Å². The molecule has 2 heterocycles. The molecule has 7 heteroatoms. The van der Waals surface area contributed by atoms with E-state index < -0.39 is 8.32 Å². The first kappa shape index (κ1) is 21.2. The number of hydrogen-bond donors (Lipinski definition) is 1. The molecule has 3 aliphatic rings. The van der Waals surface area contributed by atoms with Gasteiger partial charge in [0, 0.05) is 6.54 Å². The number of amides is 3. The Kier molecular flexibility index (Phi) is 5.38. The largest absolute Gasteiger partial charge is 0.413 e. The van der Waals surface area contributed by atoms with E-state index in [-0.39, 0.29) is 52.7 Å². The van der Waals surface area contributed by atoms with Crippen molar-refractivity contribution in [3.63, 3.8) is 0 Å². The zero-order chi connectivity index (χ0) is 21.0. The van der Waals surface area contributed by atoms with Crippen LogP contribution in [0.15, 0.2) is 11.6 Å². The van der Waals surface area contributed by atoms with Crippen molar-refractivity contribution in [1.82, 2.24) is 10.2 Å². The molecule has 0 aromatic heterocycles. The molecule has 0 aromatic carbocycles. The van der Waals surface area contributed by atoms with Crippen molar-refractivity contribution in [2.45, 2.75) is 77.7 Å². The minimum Gasteiger partial charge on any atom is -0.413 e. The van der Waals surface area contributed by atoms with Gasteiger partial charge in [0.15, 0.2) is 8.32 Å². The van der Waals surface area contributed by atoms with Gasteiger partial charge < -0.3 is 9.74 Å². The van der Waals surface area contributed by atoms with Crippen molar-refractivity contribution >= 4 is 26.0 Å². The summed E-state index contributed by atoms with van der Waals surface area (Å²) in [6.07, 6.45) is 3.03. The maximum Gasteiger partial charge on any atom is 0.233 e. The van der Waals surface area contributed by atoms with Gasteiger partial charge in [0.2, 0.25) is 17.7 Å². The normalized spacial score (nSPS) is 31.9. The average Bonchev–Trinajstić information content (AvgIpc) is 2.81. The van der Waals surface area contributed by atoms with E-state index in [1.807, 2.05) is 13.8 Å². The van der Waals surface area contributed by atoms with Gasteiger partial charge in [-0.05, 0) is 44.8 Å². The zero-order valence-corrected chi connectivity index (χ0v) is 19.2. The predicted octanol–water partition coefficient (Wildman–Crippen LogP) is 2.85. The van der Waals surface area contributed by atoms with E-state index >= 15 is 0 Å². The third-order valence-corrected chi connectivity index (χ3v) is 11.8. The Balaban J connectivity index is 1.73. The van der Waals surface area contributed by atoms with E-state index in [2.05, 4.69) is 45.3 Å². The van der Waals surface area contributed by atoms with E-state index in [0.29, 0.717) is 19.4 Å². The molecule has 0 spiro atoms. The van der Waals surface area contributed by atoms with Crippen LogP contribution < -0.4 is 5.32 Å². The Bertz CT molecular complexity index is 724. The van der Waals surface area contributed by atoms with Crippen LogP contribution in [-0.4, -0.2) is 49.6 Å². The van der Waals surface area contributed by atoms with Crippen LogP contribution in [0.5, 0.6) is 0 Å². The number of hydrogen-bond acceptors (Lipinski definition) is 4. The fourth-order valence-electron chi connectivity index (χ4n) is 4.45. The molecule has 5 unspecified atom stereocenters. The number of likely N-dealkylation sites (tertiary alicyclic amines) is 1.